The molecular weight excluding hydrogens is 333 g/mol. The van der Waals surface area contributed by atoms with Crippen LogP contribution >= 0.6 is 0 Å². The zero-order valence-corrected chi connectivity index (χ0v) is 14.4. The molecule has 0 spiro atoms. The number of carbonyl (C=O) groups is 1. The highest BCUT2D eigenvalue weighted by Gasteiger charge is 2.27. The third-order valence-corrected chi connectivity index (χ3v) is 5.47. The number of rotatable bonds is 5. The number of carbonyl (C=O) groups excluding carboxylic acids is 1. The summed E-state index contributed by atoms with van der Waals surface area (Å²) < 4.78 is 44.4. The zero-order chi connectivity index (χ0) is 17.9. The number of anilines is 1. The van der Waals surface area contributed by atoms with Gasteiger partial charge in [0.15, 0.2) is 0 Å². The monoisotopic (exact) mass is 351 g/mol. The van der Waals surface area contributed by atoms with Crippen LogP contribution in [0.1, 0.15) is 11.1 Å². The molecule has 0 atom stereocenters. The maximum Gasteiger partial charge on any atom is 0.326 e. The number of methoxy groups -OCH3 is 1. The van der Waals surface area contributed by atoms with Crippen molar-refractivity contribution in [3.8, 4) is 0 Å². The zero-order valence-electron chi connectivity index (χ0n) is 13.6. The highest BCUT2D eigenvalue weighted by Crippen LogP contribution is 2.26. The molecule has 0 aliphatic carbocycles. The van der Waals surface area contributed by atoms with Gasteiger partial charge in [-0.2, -0.15) is 0 Å². The molecule has 0 saturated carbocycles. The molecule has 24 heavy (non-hydrogen) atoms. The normalized spacial score (nSPS) is 11.2. The van der Waals surface area contributed by atoms with Gasteiger partial charge in [0.25, 0.3) is 10.0 Å². The van der Waals surface area contributed by atoms with Crippen molar-refractivity contribution in [1.29, 1.82) is 0 Å². The lowest BCUT2D eigenvalue weighted by atomic mass is 10.1. The molecule has 0 saturated heterocycles. The maximum atomic E-state index is 13.1. The van der Waals surface area contributed by atoms with Gasteiger partial charge in [-0.15, -0.1) is 0 Å². The van der Waals surface area contributed by atoms with Crippen molar-refractivity contribution in [2.24, 2.45) is 0 Å². The van der Waals surface area contributed by atoms with E-state index in [1.165, 1.54) is 7.11 Å². The molecule has 0 amide bonds. The number of ether oxygens (including phenoxy) is 1. The number of benzene rings is 2. The first kappa shape index (κ1) is 17.9. The van der Waals surface area contributed by atoms with Gasteiger partial charge in [-0.1, -0.05) is 6.07 Å². The van der Waals surface area contributed by atoms with Gasteiger partial charge >= 0.3 is 5.97 Å². The number of nitrogens with zero attached hydrogens (tertiary/aromatic N) is 1. The van der Waals surface area contributed by atoms with Crippen LogP contribution in [0.5, 0.6) is 0 Å². The summed E-state index contributed by atoms with van der Waals surface area (Å²) in [5, 5.41) is 0. The van der Waals surface area contributed by atoms with Crippen molar-refractivity contribution in [3.05, 3.63) is 59.4 Å². The van der Waals surface area contributed by atoms with Crippen molar-refractivity contribution in [3.63, 3.8) is 0 Å². The Hall–Kier alpha value is -2.41. The average Bonchev–Trinajstić information content (AvgIpc) is 2.55. The van der Waals surface area contributed by atoms with E-state index in [1.54, 1.807) is 18.2 Å². The maximum absolute atomic E-state index is 13.1. The Morgan fingerprint density at radius 2 is 1.71 bits per heavy atom. The Labute approximate surface area is 140 Å². The number of sulfonamides is 1. The molecule has 7 heteroatoms. The molecule has 0 aliphatic rings. The molecule has 0 bridgehead atoms. The summed E-state index contributed by atoms with van der Waals surface area (Å²) in [5.41, 5.74) is 2.22. The highest BCUT2D eigenvalue weighted by molar-refractivity contribution is 7.92. The second-order valence-corrected chi connectivity index (χ2v) is 7.17. The Morgan fingerprint density at radius 3 is 2.25 bits per heavy atom. The van der Waals surface area contributed by atoms with E-state index < -0.39 is 28.4 Å². The van der Waals surface area contributed by atoms with Crippen molar-refractivity contribution >= 4 is 21.7 Å². The van der Waals surface area contributed by atoms with Crippen molar-refractivity contribution < 1.29 is 22.3 Å². The fraction of sp³-hybridized carbons (Fsp3) is 0.235. The van der Waals surface area contributed by atoms with Crippen LogP contribution in [0, 0.1) is 19.7 Å². The highest BCUT2D eigenvalue weighted by atomic mass is 32.2. The molecule has 0 heterocycles. The molecule has 0 radical (unpaired) electrons. The third-order valence-electron chi connectivity index (χ3n) is 3.68. The van der Waals surface area contributed by atoms with Crippen LogP contribution in [0.2, 0.25) is 0 Å². The summed E-state index contributed by atoms with van der Waals surface area (Å²) in [6, 6.07) is 9.51. The van der Waals surface area contributed by atoms with Gasteiger partial charge in [0, 0.05) is 0 Å². The van der Waals surface area contributed by atoms with Gasteiger partial charge in [-0.25, -0.2) is 12.8 Å². The summed E-state index contributed by atoms with van der Waals surface area (Å²) in [6.07, 6.45) is 0. The molecule has 0 aromatic heterocycles. The van der Waals surface area contributed by atoms with Crippen LogP contribution in [-0.2, 0) is 19.6 Å². The molecule has 2 aromatic carbocycles. The van der Waals surface area contributed by atoms with Crippen LogP contribution < -0.4 is 4.31 Å². The van der Waals surface area contributed by atoms with E-state index in [2.05, 4.69) is 4.74 Å². The van der Waals surface area contributed by atoms with Crippen LogP contribution in [0.3, 0.4) is 0 Å². The first-order chi connectivity index (χ1) is 11.3. The van der Waals surface area contributed by atoms with Crippen molar-refractivity contribution in [1.82, 2.24) is 0 Å². The number of esters is 1. The first-order valence-electron chi connectivity index (χ1n) is 7.18. The lowest BCUT2D eigenvalue weighted by Crippen LogP contribution is -2.36. The number of hydrogen-bond donors (Lipinski definition) is 0. The Kier molecular flexibility index (Phi) is 5.23. The fourth-order valence-electron chi connectivity index (χ4n) is 2.11. The van der Waals surface area contributed by atoms with Crippen LogP contribution in [-0.4, -0.2) is 28.0 Å². The number of halogens is 1. The minimum atomic E-state index is -4.04. The number of hydrogen-bond acceptors (Lipinski definition) is 4. The summed E-state index contributed by atoms with van der Waals surface area (Å²) in [4.78, 5) is 11.6. The third kappa shape index (κ3) is 3.73. The van der Waals surface area contributed by atoms with Gasteiger partial charge < -0.3 is 4.74 Å². The lowest BCUT2D eigenvalue weighted by Gasteiger charge is -2.24. The van der Waals surface area contributed by atoms with E-state index in [1.807, 2.05) is 13.8 Å². The Bertz CT molecular complexity index is 847. The van der Waals surface area contributed by atoms with Gasteiger partial charge in [0.2, 0.25) is 0 Å². The van der Waals surface area contributed by atoms with Crippen molar-refractivity contribution in [2.45, 2.75) is 18.7 Å². The van der Waals surface area contributed by atoms with E-state index in [0.29, 0.717) is 5.69 Å². The van der Waals surface area contributed by atoms with Gasteiger partial charge in [-0.3, -0.25) is 9.10 Å². The minimum Gasteiger partial charge on any atom is -0.468 e. The number of aryl methyl sites for hydroxylation is 2. The fourth-order valence-corrected chi connectivity index (χ4v) is 3.51. The quantitative estimate of drug-likeness (QED) is 0.777. The predicted molar refractivity (Wildman–Crippen MR) is 88.9 cm³/mol. The minimum absolute atomic E-state index is 0.106. The molecule has 2 aromatic rings. The second-order valence-electron chi connectivity index (χ2n) is 5.31. The van der Waals surface area contributed by atoms with E-state index in [-0.39, 0.29) is 4.90 Å². The second kappa shape index (κ2) is 7.00. The summed E-state index contributed by atoms with van der Waals surface area (Å²) in [5.74, 6) is -1.24. The predicted octanol–water partition coefficient (Wildman–Crippen LogP) is 2.81. The molecule has 2 rings (SSSR count). The van der Waals surface area contributed by atoms with Crippen molar-refractivity contribution in [2.75, 3.05) is 18.0 Å². The van der Waals surface area contributed by atoms with Crippen LogP contribution in [0.25, 0.3) is 0 Å². The van der Waals surface area contributed by atoms with Crippen LogP contribution in [0.4, 0.5) is 10.1 Å². The summed E-state index contributed by atoms with van der Waals surface area (Å²) >= 11 is 0. The van der Waals surface area contributed by atoms with E-state index >= 15 is 0 Å². The average molecular weight is 351 g/mol. The molecule has 0 N–H and O–H groups in total. The molecular formula is C17H18FNO4S. The molecule has 128 valence electrons. The summed E-state index contributed by atoms with van der Waals surface area (Å²) in [6.45, 7) is 3.27. The Morgan fingerprint density at radius 1 is 1.08 bits per heavy atom. The smallest absolute Gasteiger partial charge is 0.326 e. The van der Waals surface area contributed by atoms with Gasteiger partial charge in [0.05, 0.1) is 17.7 Å². The molecule has 0 aliphatic heterocycles. The molecule has 5 nitrogen and oxygen atoms in total. The van der Waals surface area contributed by atoms with E-state index in [9.17, 15) is 17.6 Å². The van der Waals surface area contributed by atoms with E-state index in [4.69, 9.17) is 0 Å². The summed E-state index contributed by atoms with van der Waals surface area (Å²) in [7, 11) is -2.85. The topological polar surface area (TPSA) is 63.7 Å². The van der Waals surface area contributed by atoms with Gasteiger partial charge in [0.1, 0.15) is 12.4 Å². The first-order valence-corrected chi connectivity index (χ1v) is 8.62. The molecule has 0 unspecified atom stereocenters. The standard InChI is InChI=1S/C17H18FNO4S/c1-12-4-7-15(10-13(12)2)19(11-17(20)23-3)24(21,22)16-8-5-14(18)6-9-16/h4-10H,11H2,1-3H3. The van der Waals surface area contributed by atoms with Gasteiger partial charge in [-0.05, 0) is 61.4 Å². The van der Waals surface area contributed by atoms with Crippen LogP contribution in [0.15, 0.2) is 47.4 Å². The Balaban J connectivity index is 2.54. The van der Waals surface area contributed by atoms with E-state index in [0.717, 1.165) is 39.7 Å². The molecule has 0 fully saturated rings. The SMILES string of the molecule is COC(=O)CN(c1ccc(C)c(C)c1)S(=O)(=O)c1ccc(F)cc1. The largest absolute Gasteiger partial charge is 0.468 e. The lowest BCUT2D eigenvalue weighted by molar-refractivity contribution is -0.138.